The summed E-state index contributed by atoms with van der Waals surface area (Å²) in [7, 11) is 3.14. The maximum atomic E-state index is 13.3. The number of benzene rings is 2. The maximum absolute atomic E-state index is 13.3. The summed E-state index contributed by atoms with van der Waals surface area (Å²) in [6, 6.07) is 11.2. The molecule has 2 amide bonds. The number of hydrogen-bond donors (Lipinski definition) is 2. The molecule has 2 N–H and O–H groups in total. The van der Waals surface area contributed by atoms with E-state index in [4.69, 9.17) is 18.9 Å². The van der Waals surface area contributed by atoms with E-state index in [1.54, 1.807) is 35.0 Å². The minimum atomic E-state index is -1.25. The van der Waals surface area contributed by atoms with Crippen LogP contribution < -0.4 is 20.1 Å². The Morgan fingerprint density at radius 1 is 0.949 bits per heavy atom. The van der Waals surface area contributed by atoms with Crippen LogP contribution in [0.5, 0.6) is 11.5 Å². The van der Waals surface area contributed by atoms with Gasteiger partial charge in [-0.3, -0.25) is 4.79 Å². The number of ether oxygens (including phenoxy) is 4. The van der Waals surface area contributed by atoms with Gasteiger partial charge >= 0.3 is 12.1 Å². The van der Waals surface area contributed by atoms with Crippen molar-refractivity contribution < 1.29 is 33.3 Å². The highest BCUT2D eigenvalue weighted by atomic mass is 16.6. The van der Waals surface area contributed by atoms with Gasteiger partial charge in [0.1, 0.15) is 29.7 Å². The van der Waals surface area contributed by atoms with Crippen LogP contribution in [0.2, 0.25) is 0 Å². The van der Waals surface area contributed by atoms with E-state index in [9.17, 15) is 14.4 Å². The van der Waals surface area contributed by atoms with E-state index < -0.39 is 35.7 Å². The zero-order chi connectivity index (χ0) is 29.0. The van der Waals surface area contributed by atoms with Gasteiger partial charge < -0.3 is 29.6 Å². The van der Waals surface area contributed by atoms with Gasteiger partial charge in [-0.2, -0.15) is 0 Å². The average Bonchev–Trinajstić information content (AvgIpc) is 2.88. The van der Waals surface area contributed by atoms with E-state index >= 15 is 0 Å². The van der Waals surface area contributed by atoms with Gasteiger partial charge in [-0.25, -0.2) is 9.59 Å². The quantitative estimate of drug-likeness (QED) is 0.327. The highest BCUT2D eigenvalue weighted by Gasteiger charge is 2.30. The van der Waals surface area contributed by atoms with Crippen molar-refractivity contribution in [1.29, 1.82) is 0 Å². The van der Waals surface area contributed by atoms with Crippen LogP contribution in [-0.2, 0) is 25.7 Å². The van der Waals surface area contributed by atoms with Gasteiger partial charge in [0.05, 0.1) is 32.2 Å². The molecule has 0 bridgehead atoms. The number of rotatable bonds is 13. The minimum Gasteiger partial charge on any atom is -0.496 e. The summed E-state index contributed by atoms with van der Waals surface area (Å²) < 4.78 is 22.0. The van der Waals surface area contributed by atoms with Gasteiger partial charge in [0, 0.05) is 0 Å². The Balaban J connectivity index is 2.26. The summed E-state index contributed by atoms with van der Waals surface area (Å²) in [5.74, 6) is 0.00637. The second-order valence-corrected chi connectivity index (χ2v) is 10.3. The van der Waals surface area contributed by atoms with E-state index in [-0.39, 0.29) is 13.0 Å². The Morgan fingerprint density at radius 2 is 1.56 bits per heavy atom. The smallest absolute Gasteiger partial charge is 0.408 e. The number of nitrogens with one attached hydrogen (secondary N) is 2. The molecule has 0 aliphatic heterocycles. The third kappa shape index (κ3) is 10.5. The lowest BCUT2D eigenvalue weighted by atomic mass is 9.97. The highest BCUT2D eigenvalue weighted by molar-refractivity contribution is 5.88. The average molecular weight is 543 g/mol. The van der Waals surface area contributed by atoms with Gasteiger partial charge in [0.2, 0.25) is 5.91 Å². The number of carbonyl (C=O) groups excluding carboxylic acids is 3. The number of carbonyl (C=O) groups is 3. The highest BCUT2D eigenvalue weighted by Crippen LogP contribution is 2.37. The molecule has 0 heterocycles. The predicted molar refractivity (Wildman–Crippen MR) is 149 cm³/mol. The van der Waals surface area contributed by atoms with Crippen molar-refractivity contribution in [1.82, 2.24) is 10.6 Å². The van der Waals surface area contributed by atoms with Crippen molar-refractivity contribution >= 4 is 18.0 Å². The first-order valence-corrected chi connectivity index (χ1v) is 13.2. The summed E-state index contributed by atoms with van der Waals surface area (Å²) in [6.07, 6.45) is 1.22. The third-order valence-corrected chi connectivity index (χ3v) is 5.81. The van der Waals surface area contributed by atoms with E-state index in [0.29, 0.717) is 17.9 Å². The van der Waals surface area contributed by atoms with Gasteiger partial charge in [0.25, 0.3) is 0 Å². The van der Waals surface area contributed by atoms with Gasteiger partial charge in [-0.1, -0.05) is 50.1 Å². The Labute approximate surface area is 231 Å². The first-order chi connectivity index (χ1) is 18.5. The van der Waals surface area contributed by atoms with Gasteiger partial charge in [0.15, 0.2) is 0 Å². The maximum Gasteiger partial charge on any atom is 0.408 e. The standard InChI is InChI=1S/C30H42N2O7/c1-8-9-15-22(27-24(36-6)16-20(2)17-25(27)37-7)31-26(33)18-23(32-29(35)39-30(3,4)5)28(34)38-19-21-13-11-10-12-14-21/h10-14,16-17,22-23H,8-9,15,18-19H2,1-7H3,(H,31,33)(H,32,35). The summed E-state index contributed by atoms with van der Waals surface area (Å²) in [5.41, 5.74) is 1.67. The fraction of sp³-hybridized carbons (Fsp3) is 0.500. The van der Waals surface area contributed by atoms with E-state index in [0.717, 1.165) is 29.5 Å². The van der Waals surface area contributed by atoms with Crippen LogP contribution in [0.4, 0.5) is 4.79 Å². The molecule has 2 atom stereocenters. The molecule has 0 radical (unpaired) electrons. The van der Waals surface area contributed by atoms with Crippen molar-refractivity contribution in [3.05, 3.63) is 59.2 Å². The number of alkyl carbamates (subject to hydrolysis) is 1. The SMILES string of the molecule is CCCCC(NC(=O)CC(NC(=O)OC(C)(C)C)C(=O)OCc1ccccc1)c1c(OC)cc(C)cc1OC. The Kier molecular flexibility index (Phi) is 12.1. The lowest BCUT2D eigenvalue weighted by Gasteiger charge is -2.26. The molecule has 2 aromatic carbocycles. The number of esters is 1. The molecule has 0 aromatic heterocycles. The molecule has 9 nitrogen and oxygen atoms in total. The molecule has 9 heteroatoms. The minimum absolute atomic E-state index is 0.00464. The summed E-state index contributed by atoms with van der Waals surface area (Å²) in [4.78, 5) is 38.8. The predicted octanol–water partition coefficient (Wildman–Crippen LogP) is 5.39. The van der Waals surface area contributed by atoms with Crippen LogP contribution in [0.25, 0.3) is 0 Å². The molecule has 0 saturated carbocycles. The molecule has 2 rings (SSSR count). The Morgan fingerprint density at radius 3 is 2.10 bits per heavy atom. The topological polar surface area (TPSA) is 112 Å². The molecule has 2 unspecified atom stereocenters. The Hall–Kier alpha value is -3.75. The van der Waals surface area contributed by atoms with Crippen molar-refractivity contribution in [2.24, 2.45) is 0 Å². The van der Waals surface area contributed by atoms with Crippen molar-refractivity contribution in [2.45, 2.75) is 84.6 Å². The number of aryl methyl sites for hydroxylation is 1. The lowest BCUT2D eigenvalue weighted by molar-refractivity contribution is -0.149. The molecular formula is C30H42N2O7. The van der Waals surface area contributed by atoms with Gasteiger partial charge in [-0.05, 0) is 57.4 Å². The van der Waals surface area contributed by atoms with E-state index in [1.807, 2.05) is 49.4 Å². The van der Waals surface area contributed by atoms with Crippen LogP contribution in [0.3, 0.4) is 0 Å². The third-order valence-electron chi connectivity index (χ3n) is 5.81. The van der Waals surface area contributed by atoms with Crippen LogP contribution in [0, 0.1) is 6.92 Å². The van der Waals surface area contributed by atoms with Crippen LogP contribution in [-0.4, -0.2) is 43.8 Å². The van der Waals surface area contributed by atoms with Crippen molar-refractivity contribution in [3.8, 4) is 11.5 Å². The van der Waals surface area contributed by atoms with Crippen LogP contribution in [0.15, 0.2) is 42.5 Å². The van der Waals surface area contributed by atoms with Crippen LogP contribution >= 0.6 is 0 Å². The Bertz CT molecular complexity index is 1070. The molecule has 214 valence electrons. The first kappa shape index (κ1) is 31.5. The largest absolute Gasteiger partial charge is 0.496 e. The first-order valence-electron chi connectivity index (χ1n) is 13.2. The molecule has 0 saturated heterocycles. The normalized spacial score (nSPS) is 12.6. The molecule has 2 aromatic rings. The molecule has 0 aliphatic rings. The number of hydrogen-bond acceptors (Lipinski definition) is 7. The molecule has 0 spiro atoms. The van der Waals surface area contributed by atoms with E-state index in [1.165, 1.54) is 0 Å². The zero-order valence-corrected chi connectivity index (χ0v) is 24.1. The van der Waals surface area contributed by atoms with Crippen LogP contribution in [0.1, 0.15) is 76.1 Å². The molecule has 39 heavy (non-hydrogen) atoms. The second-order valence-electron chi connectivity index (χ2n) is 10.3. The second kappa shape index (κ2) is 15.0. The zero-order valence-electron chi connectivity index (χ0n) is 24.1. The molecule has 0 aliphatic carbocycles. The monoisotopic (exact) mass is 542 g/mol. The lowest BCUT2D eigenvalue weighted by Crippen LogP contribution is -2.47. The summed E-state index contributed by atoms with van der Waals surface area (Å²) >= 11 is 0. The molecule has 0 fully saturated rings. The number of amides is 2. The molecular weight excluding hydrogens is 500 g/mol. The fourth-order valence-corrected chi connectivity index (χ4v) is 4.02. The number of methoxy groups -OCH3 is 2. The van der Waals surface area contributed by atoms with Crippen molar-refractivity contribution in [2.75, 3.05) is 14.2 Å². The van der Waals surface area contributed by atoms with Crippen molar-refractivity contribution in [3.63, 3.8) is 0 Å². The van der Waals surface area contributed by atoms with E-state index in [2.05, 4.69) is 17.6 Å². The number of unbranched alkanes of at least 4 members (excludes halogenated alkanes) is 1. The summed E-state index contributed by atoms with van der Waals surface area (Å²) in [6.45, 7) is 9.13. The fourth-order valence-electron chi connectivity index (χ4n) is 4.02. The van der Waals surface area contributed by atoms with Gasteiger partial charge in [-0.15, -0.1) is 0 Å². The summed E-state index contributed by atoms with van der Waals surface area (Å²) in [5, 5.41) is 5.52.